The molecule has 22 heteroatoms. The summed E-state index contributed by atoms with van der Waals surface area (Å²) in [7, 11) is 0. The normalized spacial score (nSPS) is 25.7. The highest BCUT2D eigenvalue weighted by molar-refractivity contribution is 5.32. The molecule has 41 heavy (non-hydrogen) atoms. The van der Waals surface area contributed by atoms with Crippen LogP contribution in [0, 0.1) is 0 Å². The molecule has 0 saturated carbocycles. The molecule has 0 unspecified atom stereocenters. The third-order valence-electron chi connectivity index (χ3n) is 5.47. The van der Waals surface area contributed by atoms with Gasteiger partial charge in [0.1, 0.15) is 35.9 Å². The molecule has 0 radical (unpaired) electrons. The zero-order valence-electron chi connectivity index (χ0n) is 19.1. The highest BCUT2D eigenvalue weighted by Crippen LogP contribution is 2.62. The third-order valence-corrected chi connectivity index (χ3v) is 5.47. The Morgan fingerprint density at radius 1 is 0.585 bits per heavy atom. The van der Waals surface area contributed by atoms with Gasteiger partial charge in [0.05, 0.1) is 6.61 Å². The Labute approximate surface area is 216 Å². The zero-order chi connectivity index (χ0) is 32.2. The summed E-state index contributed by atoms with van der Waals surface area (Å²) in [5.74, 6) is -43.4. The number of aliphatic hydroxyl groups is 4. The second kappa shape index (κ2) is 10.7. The molecule has 5 atom stereocenters. The molecule has 4 N–H and O–H groups in total. The van der Waals surface area contributed by atoms with Crippen molar-refractivity contribution in [3.63, 3.8) is 0 Å². The van der Waals surface area contributed by atoms with Crippen LogP contribution in [0.15, 0.2) is 24.3 Å². The molecular weight excluding hydrogens is 625 g/mol. The minimum Gasteiger partial charge on any atom is -0.462 e. The van der Waals surface area contributed by atoms with Gasteiger partial charge < -0.3 is 34.6 Å². The average molecular weight is 640 g/mol. The minimum absolute atomic E-state index is 0.145. The van der Waals surface area contributed by atoms with Gasteiger partial charge in [0, 0.05) is 0 Å². The standard InChI is InChI=1S/C19H15F15O7/c20-13(21,14(22,23)16(26,27)18(30,31)32)15(24,25)17(28,29)19(33,34)41-7-3-1-6(2-4-7)39-12-11(38)10(37)9(36)8(5-35)40-12/h1-4,8-12,35-38H,5H2/t8-,9-,10+,11-,12-/m1/s1. The summed E-state index contributed by atoms with van der Waals surface area (Å²) in [6.07, 6.45) is -24.0. The van der Waals surface area contributed by atoms with E-state index in [1.165, 1.54) is 0 Å². The molecule has 1 saturated heterocycles. The van der Waals surface area contributed by atoms with Crippen LogP contribution in [-0.2, 0) is 4.74 Å². The second-order valence-corrected chi connectivity index (χ2v) is 8.28. The highest BCUT2D eigenvalue weighted by Gasteiger charge is 2.94. The van der Waals surface area contributed by atoms with E-state index in [4.69, 9.17) is 14.6 Å². The van der Waals surface area contributed by atoms with Gasteiger partial charge in [-0.2, -0.15) is 65.9 Å². The quantitative estimate of drug-likeness (QED) is 0.290. The van der Waals surface area contributed by atoms with Crippen molar-refractivity contribution in [1.82, 2.24) is 0 Å². The lowest BCUT2D eigenvalue weighted by molar-refractivity contribution is -0.465. The molecule has 7 nitrogen and oxygen atoms in total. The summed E-state index contributed by atoms with van der Waals surface area (Å²) in [6.45, 7) is -0.926. The maximum atomic E-state index is 13.9. The van der Waals surface area contributed by atoms with E-state index in [0.29, 0.717) is 12.1 Å². The van der Waals surface area contributed by atoms with Crippen molar-refractivity contribution >= 4 is 0 Å². The number of alkyl halides is 15. The van der Waals surface area contributed by atoms with Crippen molar-refractivity contribution in [2.45, 2.75) is 72.6 Å². The molecule has 1 heterocycles. The van der Waals surface area contributed by atoms with Crippen LogP contribution in [0.2, 0.25) is 0 Å². The van der Waals surface area contributed by atoms with E-state index < -0.39 is 90.7 Å². The van der Waals surface area contributed by atoms with Gasteiger partial charge in [-0.05, 0) is 24.3 Å². The van der Waals surface area contributed by atoms with E-state index >= 15 is 0 Å². The number of hydrogen-bond acceptors (Lipinski definition) is 7. The molecule has 1 aliphatic rings. The van der Waals surface area contributed by atoms with Crippen molar-refractivity contribution in [2.75, 3.05) is 6.61 Å². The Morgan fingerprint density at radius 2 is 1.00 bits per heavy atom. The zero-order valence-corrected chi connectivity index (χ0v) is 19.1. The molecule has 0 spiro atoms. The molecule has 0 amide bonds. The van der Waals surface area contributed by atoms with Crippen LogP contribution in [0.3, 0.4) is 0 Å². The number of ether oxygens (including phenoxy) is 3. The molecule has 1 aromatic carbocycles. The molecule has 1 aliphatic heterocycles. The van der Waals surface area contributed by atoms with Crippen LogP contribution < -0.4 is 9.47 Å². The van der Waals surface area contributed by atoms with Gasteiger partial charge in [0.25, 0.3) is 0 Å². The van der Waals surface area contributed by atoms with Crippen molar-refractivity contribution in [3.8, 4) is 11.5 Å². The Kier molecular flexibility index (Phi) is 9.06. The largest absolute Gasteiger partial charge is 0.471 e. The first-order valence-electron chi connectivity index (χ1n) is 10.3. The predicted molar refractivity (Wildman–Crippen MR) is 97.2 cm³/mol. The van der Waals surface area contributed by atoms with Crippen LogP contribution in [0.5, 0.6) is 11.5 Å². The molecule has 0 aliphatic carbocycles. The Hall–Kier alpha value is -2.43. The van der Waals surface area contributed by atoms with Crippen LogP contribution in [0.4, 0.5) is 65.9 Å². The summed E-state index contributed by atoms with van der Waals surface area (Å²) in [4.78, 5) is 0. The van der Waals surface area contributed by atoms with Gasteiger partial charge in [-0.3, -0.25) is 0 Å². The lowest BCUT2D eigenvalue weighted by atomic mass is 9.93. The summed E-state index contributed by atoms with van der Waals surface area (Å²) in [5, 5.41) is 38.2. The van der Waals surface area contributed by atoms with Crippen LogP contribution in [0.25, 0.3) is 0 Å². The fourth-order valence-electron chi connectivity index (χ4n) is 3.05. The van der Waals surface area contributed by atoms with E-state index in [1.807, 2.05) is 0 Å². The topological polar surface area (TPSA) is 109 Å². The molecule has 1 fully saturated rings. The molecular formula is C19H15F15O7. The average Bonchev–Trinajstić information content (AvgIpc) is 2.84. The molecule has 0 aromatic heterocycles. The van der Waals surface area contributed by atoms with Gasteiger partial charge in [-0.1, -0.05) is 0 Å². The highest BCUT2D eigenvalue weighted by atomic mass is 19.4. The monoisotopic (exact) mass is 640 g/mol. The van der Waals surface area contributed by atoms with E-state index in [9.17, 15) is 81.2 Å². The number of halogens is 15. The number of rotatable bonds is 10. The van der Waals surface area contributed by atoms with E-state index in [2.05, 4.69) is 4.74 Å². The molecule has 238 valence electrons. The van der Waals surface area contributed by atoms with Crippen LogP contribution >= 0.6 is 0 Å². The van der Waals surface area contributed by atoms with E-state index in [-0.39, 0.29) is 12.1 Å². The SMILES string of the molecule is OC[C@H]1O[C@@H](Oc2ccc(OC(F)(F)C(F)(F)C(F)(F)C(F)(F)C(F)(F)C(F)(F)C(F)(F)F)cc2)[C@H](O)[C@@H](O)[C@@H]1O. The van der Waals surface area contributed by atoms with Gasteiger partial charge in [-0.25, -0.2) is 0 Å². The summed E-state index contributed by atoms with van der Waals surface area (Å²) < 4.78 is 212. The molecule has 2 rings (SSSR count). The Morgan fingerprint density at radius 3 is 1.44 bits per heavy atom. The Balaban J connectivity index is 2.30. The maximum Gasteiger partial charge on any atom is 0.471 e. The number of benzene rings is 1. The summed E-state index contributed by atoms with van der Waals surface area (Å²) >= 11 is 0. The summed E-state index contributed by atoms with van der Waals surface area (Å²) in [6, 6.07) is 1.20. The van der Waals surface area contributed by atoms with Crippen molar-refractivity contribution in [2.24, 2.45) is 0 Å². The lowest BCUT2D eigenvalue weighted by Crippen LogP contribution is -2.73. The van der Waals surface area contributed by atoms with Crippen molar-refractivity contribution in [3.05, 3.63) is 24.3 Å². The third kappa shape index (κ3) is 5.55. The number of hydrogen-bond donors (Lipinski definition) is 4. The van der Waals surface area contributed by atoms with Gasteiger partial charge in [0.2, 0.25) is 6.29 Å². The summed E-state index contributed by atoms with van der Waals surface area (Å²) in [5.41, 5.74) is 0. The second-order valence-electron chi connectivity index (χ2n) is 8.28. The van der Waals surface area contributed by atoms with Gasteiger partial charge >= 0.3 is 41.9 Å². The molecule has 0 bridgehead atoms. The Bertz CT molecular complexity index is 1050. The first kappa shape index (κ1) is 34.8. The predicted octanol–water partition coefficient (Wildman–Crippen LogP) is 3.58. The maximum absolute atomic E-state index is 13.9. The van der Waals surface area contributed by atoms with Crippen LogP contribution in [-0.4, -0.2) is 99.6 Å². The van der Waals surface area contributed by atoms with Gasteiger partial charge in [0.15, 0.2) is 0 Å². The van der Waals surface area contributed by atoms with Crippen molar-refractivity contribution < 1.29 is 100 Å². The smallest absolute Gasteiger partial charge is 0.462 e. The first-order chi connectivity index (χ1) is 18.2. The minimum atomic E-state index is -8.46. The number of aliphatic hydroxyl groups excluding tert-OH is 4. The van der Waals surface area contributed by atoms with Gasteiger partial charge in [-0.15, -0.1) is 0 Å². The lowest BCUT2D eigenvalue weighted by Gasteiger charge is -2.41. The fourth-order valence-corrected chi connectivity index (χ4v) is 3.05. The molecule has 1 aromatic rings. The van der Waals surface area contributed by atoms with E-state index in [1.54, 1.807) is 0 Å². The van der Waals surface area contributed by atoms with Crippen LogP contribution in [0.1, 0.15) is 0 Å². The first-order valence-corrected chi connectivity index (χ1v) is 10.3. The van der Waals surface area contributed by atoms with Crippen molar-refractivity contribution in [1.29, 1.82) is 0 Å². The fraction of sp³-hybridized carbons (Fsp3) is 0.684. The van der Waals surface area contributed by atoms with E-state index in [0.717, 1.165) is 0 Å².